The summed E-state index contributed by atoms with van der Waals surface area (Å²) < 4.78 is 5.81. The second-order valence-corrected chi connectivity index (χ2v) is 6.86. The van der Waals surface area contributed by atoms with Crippen LogP contribution in [0.15, 0.2) is 54.6 Å². The highest BCUT2D eigenvalue weighted by Gasteiger charge is 2.33. The van der Waals surface area contributed by atoms with E-state index in [2.05, 4.69) is 6.92 Å². The molecule has 2 N–H and O–H groups in total. The van der Waals surface area contributed by atoms with Gasteiger partial charge in [0.2, 0.25) is 0 Å². The number of nitrogens with two attached hydrogens (primary N) is 1. The van der Waals surface area contributed by atoms with Crippen molar-refractivity contribution in [2.45, 2.75) is 32.4 Å². The summed E-state index contributed by atoms with van der Waals surface area (Å²) in [5.74, 6) is -0.365. The van der Waals surface area contributed by atoms with Crippen LogP contribution >= 0.6 is 0 Å². The standard InChI is InChI=1S/C21H24N2O3/c1-15-7-12-19(23(13-15)21(25)20(22)24)17-8-10-18(11-9-17)26-14-16-5-3-2-4-6-16/h2-6,8-11,15,19H,7,12-14H2,1H3,(H2,22,24)/t15-,19+/m0/s1. The molecule has 1 aliphatic rings. The molecule has 0 saturated carbocycles. The van der Waals surface area contributed by atoms with Gasteiger partial charge in [0.15, 0.2) is 0 Å². The fourth-order valence-corrected chi connectivity index (χ4v) is 3.39. The summed E-state index contributed by atoms with van der Waals surface area (Å²) in [5, 5.41) is 0. The number of hydrogen-bond acceptors (Lipinski definition) is 3. The number of primary amides is 1. The molecule has 3 rings (SSSR count). The molecule has 0 radical (unpaired) electrons. The number of carbonyl (C=O) groups excluding carboxylic acids is 2. The topological polar surface area (TPSA) is 72.6 Å². The quantitative estimate of drug-likeness (QED) is 0.860. The van der Waals surface area contributed by atoms with E-state index in [-0.39, 0.29) is 6.04 Å². The van der Waals surface area contributed by atoms with Crippen molar-refractivity contribution in [3.63, 3.8) is 0 Å². The van der Waals surface area contributed by atoms with E-state index in [0.717, 1.165) is 29.7 Å². The van der Waals surface area contributed by atoms with Gasteiger partial charge in [-0.15, -0.1) is 0 Å². The lowest BCUT2D eigenvalue weighted by Gasteiger charge is -2.38. The van der Waals surface area contributed by atoms with Crippen LogP contribution in [0.3, 0.4) is 0 Å². The van der Waals surface area contributed by atoms with Gasteiger partial charge in [0.25, 0.3) is 0 Å². The van der Waals surface area contributed by atoms with Gasteiger partial charge < -0.3 is 15.4 Å². The van der Waals surface area contributed by atoms with E-state index in [1.807, 2.05) is 54.6 Å². The normalized spacial score (nSPS) is 19.8. The Morgan fingerprint density at radius 3 is 2.42 bits per heavy atom. The van der Waals surface area contributed by atoms with Crippen molar-refractivity contribution in [2.75, 3.05) is 6.54 Å². The highest BCUT2D eigenvalue weighted by Crippen LogP contribution is 2.34. The van der Waals surface area contributed by atoms with Gasteiger partial charge in [-0.1, -0.05) is 49.4 Å². The minimum Gasteiger partial charge on any atom is -0.489 e. The van der Waals surface area contributed by atoms with Crippen molar-refractivity contribution in [1.82, 2.24) is 4.90 Å². The number of benzene rings is 2. The Bertz CT molecular complexity index is 759. The minimum atomic E-state index is -0.896. The van der Waals surface area contributed by atoms with Crippen molar-refractivity contribution in [1.29, 1.82) is 0 Å². The average molecular weight is 352 g/mol. The zero-order valence-electron chi connectivity index (χ0n) is 14.9. The third-order valence-electron chi connectivity index (χ3n) is 4.80. The van der Waals surface area contributed by atoms with Crippen LogP contribution in [-0.4, -0.2) is 23.3 Å². The lowest BCUT2D eigenvalue weighted by Crippen LogP contribution is -2.46. The fraction of sp³-hybridized carbons (Fsp3) is 0.333. The first kappa shape index (κ1) is 18.0. The number of amides is 2. The Hall–Kier alpha value is -2.82. The zero-order valence-corrected chi connectivity index (χ0v) is 14.9. The molecule has 1 fully saturated rings. The van der Waals surface area contributed by atoms with Crippen LogP contribution in [0.2, 0.25) is 0 Å². The average Bonchev–Trinajstić information content (AvgIpc) is 2.67. The molecule has 2 aromatic carbocycles. The van der Waals surface area contributed by atoms with Crippen LogP contribution in [-0.2, 0) is 16.2 Å². The summed E-state index contributed by atoms with van der Waals surface area (Å²) >= 11 is 0. The summed E-state index contributed by atoms with van der Waals surface area (Å²) in [4.78, 5) is 25.2. The molecular formula is C21H24N2O3. The smallest absolute Gasteiger partial charge is 0.312 e. The molecule has 5 heteroatoms. The van der Waals surface area contributed by atoms with E-state index in [1.54, 1.807) is 4.90 Å². The molecule has 5 nitrogen and oxygen atoms in total. The lowest BCUT2D eigenvalue weighted by atomic mass is 9.90. The fourth-order valence-electron chi connectivity index (χ4n) is 3.39. The van der Waals surface area contributed by atoms with Gasteiger partial charge in [-0.3, -0.25) is 9.59 Å². The van der Waals surface area contributed by atoms with Gasteiger partial charge in [0.1, 0.15) is 12.4 Å². The van der Waals surface area contributed by atoms with Crippen molar-refractivity contribution in [2.24, 2.45) is 11.7 Å². The van der Waals surface area contributed by atoms with Crippen molar-refractivity contribution < 1.29 is 14.3 Å². The molecule has 2 amide bonds. The maximum atomic E-state index is 12.2. The molecule has 0 aromatic heterocycles. The molecule has 2 atom stereocenters. The van der Waals surface area contributed by atoms with Crippen LogP contribution in [0, 0.1) is 5.92 Å². The van der Waals surface area contributed by atoms with Gasteiger partial charge in [0, 0.05) is 6.54 Å². The number of rotatable bonds is 4. The first-order chi connectivity index (χ1) is 12.5. The zero-order chi connectivity index (χ0) is 18.5. The number of nitrogens with zero attached hydrogens (tertiary/aromatic N) is 1. The minimum absolute atomic E-state index is 0.116. The van der Waals surface area contributed by atoms with E-state index in [4.69, 9.17) is 10.5 Å². The van der Waals surface area contributed by atoms with Gasteiger partial charge in [-0.05, 0) is 42.0 Å². The summed E-state index contributed by atoms with van der Waals surface area (Å²) in [6, 6.07) is 17.6. The Morgan fingerprint density at radius 2 is 1.77 bits per heavy atom. The van der Waals surface area contributed by atoms with Crippen molar-refractivity contribution in [3.05, 3.63) is 65.7 Å². The molecule has 0 spiro atoms. The molecule has 0 bridgehead atoms. The Morgan fingerprint density at radius 1 is 1.08 bits per heavy atom. The van der Waals surface area contributed by atoms with Crippen LogP contribution in [0.5, 0.6) is 5.75 Å². The Labute approximate surface area is 153 Å². The highest BCUT2D eigenvalue weighted by atomic mass is 16.5. The third kappa shape index (κ3) is 4.23. The number of piperidine rings is 1. The first-order valence-electron chi connectivity index (χ1n) is 8.91. The summed E-state index contributed by atoms with van der Waals surface area (Å²) in [5.41, 5.74) is 7.33. The molecule has 1 heterocycles. The number of hydrogen-bond donors (Lipinski definition) is 1. The predicted molar refractivity (Wildman–Crippen MR) is 99.3 cm³/mol. The predicted octanol–water partition coefficient (Wildman–Crippen LogP) is 3.05. The van der Waals surface area contributed by atoms with Crippen molar-refractivity contribution in [3.8, 4) is 5.75 Å². The highest BCUT2D eigenvalue weighted by molar-refractivity contribution is 6.34. The molecule has 0 unspecified atom stereocenters. The third-order valence-corrected chi connectivity index (χ3v) is 4.80. The number of ether oxygens (including phenoxy) is 1. The van der Waals surface area contributed by atoms with E-state index in [0.29, 0.717) is 19.1 Å². The lowest BCUT2D eigenvalue weighted by molar-refractivity contribution is -0.147. The maximum Gasteiger partial charge on any atom is 0.312 e. The number of likely N-dealkylation sites (tertiary alicyclic amines) is 1. The van der Waals surface area contributed by atoms with Crippen LogP contribution in [0.4, 0.5) is 0 Å². The van der Waals surface area contributed by atoms with Gasteiger partial charge in [-0.25, -0.2) is 0 Å². The van der Waals surface area contributed by atoms with E-state index in [1.165, 1.54) is 0 Å². The molecule has 0 aliphatic carbocycles. The molecule has 1 aliphatic heterocycles. The monoisotopic (exact) mass is 352 g/mol. The van der Waals surface area contributed by atoms with Gasteiger partial charge in [0.05, 0.1) is 6.04 Å². The molecule has 2 aromatic rings. The Balaban J connectivity index is 1.69. The van der Waals surface area contributed by atoms with Gasteiger partial charge >= 0.3 is 11.8 Å². The van der Waals surface area contributed by atoms with Crippen molar-refractivity contribution >= 4 is 11.8 Å². The molecule has 1 saturated heterocycles. The molecular weight excluding hydrogens is 328 g/mol. The maximum absolute atomic E-state index is 12.2. The summed E-state index contributed by atoms with van der Waals surface area (Å²) in [6.07, 6.45) is 1.84. The number of carbonyl (C=O) groups is 2. The largest absolute Gasteiger partial charge is 0.489 e. The molecule has 136 valence electrons. The Kier molecular flexibility index (Phi) is 5.56. The van der Waals surface area contributed by atoms with E-state index >= 15 is 0 Å². The summed E-state index contributed by atoms with van der Waals surface area (Å²) in [6.45, 7) is 3.14. The second-order valence-electron chi connectivity index (χ2n) is 6.86. The SMILES string of the molecule is C[C@H]1CC[C@H](c2ccc(OCc3ccccc3)cc2)N(C(=O)C(N)=O)C1. The van der Waals surface area contributed by atoms with E-state index < -0.39 is 11.8 Å². The first-order valence-corrected chi connectivity index (χ1v) is 8.91. The van der Waals surface area contributed by atoms with Crippen LogP contribution < -0.4 is 10.5 Å². The van der Waals surface area contributed by atoms with Crippen LogP contribution in [0.25, 0.3) is 0 Å². The summed E-state index contributed by atoms with van der Waals surface area (Å²) in [7, 11) is 0. The van der Waals surface area contributed by atoms with Gasteiger partial charge in [-0.2, -0.15) is 0 Å². The molecule has 26 heavy (non-hydrogen) atoms. The van der Waals surface area contributed by atoms with Crippen LogP contribution in [0.1, 0.15) is 36.9 Å². The second kappa shape index (κ2) is 8.04. The van der Waals surface area contributed by atoms with E-state index in [9.17, 15) is 9.59 Å².